The van der Waals surface area contributed by atoms with E-state index in [-0.39, 0.29) is 6.42 Å². The average Bonchev–Trinajstić information content (AvgIpc) is 2.56. The van der Waals surface area contributed by atoms with Crippen LogP contribution in [-0.2, 0) is 4.79 Å². The van der Waals surface area contributed by atoms with Gasteiger partial charge >= 0.3 is 0 Å². The van der Waals surface area contributed by atoms with Crippen molar-refractivity contribution >= 4 is 5.91 Å². The van der Waals surface area contributed by atoms with Gasteiger partial charge in [0.15, 0.2) is 0 Å². The number of hydrogen-bond acceptors (Lipinski definition) is 5. The largest absolute Gasteiger partial charge is 0.394 e. The molecule has 2 saturated heterocycles. The lowest BCUT2D eigenvalue weighted by Gasteiger charge is -2.22. The van der Waals surface area contributed by atoms with E-state index in [0.717, 1.165) is 0 Å². The molecule has 0 bridgehead atoms. The first-order chi connectivity index (χ1) is 6.57. The summed E-state index contributed by atoms with van der Waals surface area (Å²) in [6, 6.07) is -1.36. The maximum absolute atomic E-state index is 11.4. The first-order valence-electron chi connectivity index (χ1n) is 4.55. The Labute approximate surface area is 80.4 Å². The fraction of sp³-hybridized carbons (Fsp3) is 0.875. The van der Waals surface area contributed by atoms with Crippen LogP contribution in [0, 0.1) is 0 Å². The van der Waals surface area contributed by atoms with E-state index in [4.69, 9.17) is 5.11 Å². The van der Waals surface area contributed by atoms with Gasteiger partial charge in [-0.3, -0.25) is 4.79 Å². The lowest BCUT2D eigenvalue weighted by molar-refractivity contribution is -0.138. The quantitative estimate of drug-likeness (QED) is 0.365. The van der Waals surface area contributed by atoms with Crippen LogP contribution in [-0.4, -0.2) is 68.2 Å². The summed E-state index contributed by atoms with van der Waals surface area (Å²) in [4.78, 5) is 12.6. The summed E-state index contributed by atoms with van der Waals surface area (Å²) in [6.45, 7) is -0.410. The molecule has 0 unspecified atom stereocenters. The highest BCUT2D eigenvalue weighted by Crippen LogP contribution is 2.33. The van der Waals surface area contributed by atoms with E-state index in [2.05, 4.69) is 0 Å². The van der Waals surface area contributed by atoms with Crippen LogP contribution in [0.4, 0.5) is 0 Å². The van der Waals surface area contributed by atoms with Crippen molar-refractivity contribution in [1.82, 2.24) is 4.90 Å². The van der Waals surface area contributed by atoms with Crippen molar-refractivity contribution in [2.45, 2.75) is 36.8 Å². The molecule has 2 heterocycles. The van der Waals surface area contributed by atoms with E-state index in [1.165, 1.54) is 4.90 Å². The second-order valence-electron chi connectivity index (χ2n) is 3.80. The molecule has 2 rings (SSSR count). The number of carbonyl (C=O) groups excluding carboxylic acids is 1. The van der Waals surface area contributed by atoms with Gasteiger partial charge in [0.1, 0.15) is 18.3 Å². The van der Waals surface area contributed by atoms with Gasteiger partial charge < -0.3 is 25.3 Å². The van der Waals surface area contributed by atoms with Gasteiger partial charge in [-0.15, -0.1) is 0 Å². The van der Waals surface area contributed by atoms with Gasteiger partial charge in [-0.25, -0.2) is 0 Å². The molecule has 2 fully saturated rings. The highest BCUT2D eigenvalue weighted by molar-refractivity contribution is 5.84. The second-order valence-corrected chi connectivity index (χ2v) is 3.80. The molecule has 14 heavy (non-hydrogen) atoms. The summed E-state index contributed by atoms with van der Waals surface area (Å²) in [5.41, 5.74) is 0. The van der Waals surface area contributed by atoms with Gasteiger partial charge in [-0.2, -0.15) is 0 Å². The van der Waals surface area contributed by atoms with Gasteiger partial charge in [-0.1, -0.05) is 0 Å². The van der Waals surface area contributed by atoms with Gasteiger partial charge in [0.05, 0.1) is 18.7 Å². The molecule has 6 heteroatoms. The predicted molar refractivity (Wildman–Crippen MR) is 44.1 cm³/mol. The monoisotopic (exact) mass is 203 g/mol. The molecular formula is C8H13NO5. The molecule has 2 aliphatic heterocycles. The van der Waals surface area contributed by atoms with Gasteiger partial charge in [0, 0.05) is 6.42 Å². The second kappa shape index (κ2) is 3.16. The summed E-state index contributed by atoms with van der Waals surface area (Å²) in [5.74, 6) is -0.523. The van der Waals surface area contributed by atoms with Crippen LogP contribution >= 0.6 is 0 Å². The van der Waals surface area contributed by atoms with Crippen molar-refractivity contribution < 1.29 is 25.2 Å². The minimum absolute atomic E-state index is 0.119. The normalized spacial score (nSPS) is 47.3. The Morgan fingerprint density at radius 1 is 1.29 bits per heavy atom. The summed E-state index contributed by atoms with van der Waals surface area (Å²) in [7, 11) is 0. The van der Waals surface area contributed by atoms with Crippen LogP contribution < -0.4 is 0 Å². The molecule has 0 saturated carbocycles. The van der Waals surface area contributed by atoms with E-state index in [0.29, 0.717) is 0 Å². The zero-order valence-electron chi connectivity index (χ0n) is 7.45. The van der Waals surface area contributed by atoms with E-state index in [9.17, 15) is 20.1 Å². The van der Waals surface area contributed by atoms with Gasteiger partial charge in [-0.05, 0) is 0 Å². The molecule has 0 radical (unpaired) electrons. The van der Waals surface area contributed by atoms with E-state index in [1.807, 2.05) is 0 Å². The summed E-state index contributed by atoms with van der Waals surface area (Å²) in [5, 5.41) is 37.2. The standard InChI is InChI=1S/C8H13NO5/c10-2-4-7(13)6(12)3-1-5(11)8(14)9(3)4/h3-7,10-13H,1-2H2/t3-,4-,5-,6-,7-/m1/s1. The number of hydrogen-bond donors (Lipinski definition) is 4. The number of nitrogens with zero attached hydrogens (tertiary/aromatic N) is 1. The number of aliphatic hydroxyl groups excluding tert-OH is 4. The average molecular weight is 203 g/mol. The third kappa shape index (κ3) is 1.08. The van der Waals surface area contributed by atoms with Crippen molar-refractivity contribution in [3.8, 4) is 0 Å². The molecule has 4 N–H and O–H groups in total. The van der Waals surface area contributed by atoms with Crippen molar-refractivity contribution in [2.75, 3.05) is 6.61 Å². The number of carbonyl (C=O) groups is 1. The number of amides is 1. The molecule has 0 spiro atoms. The Bertz CT molecular complexity index is 256. The van der Waals surface area contributed by atoms with Crippen molar-refractivity contribution in [3.63, 3.8) is 0 Å². The van der Waals surface area contributed by atoms with Crippen molar-refractivity contribution in [1.29, 1.82) is 0 Å². The lowest BCUT2D eigenvalue weighted by atomic mass is 10.0. The number of aliphatic hydroxyl groups is 4. The smallest absolute Gasteiger partial charge is 0.252 e. The van der Waals surface area contributed by atoms with Gasteiger partial charge in [0.2, 0.25) is 0 Å². The lowest BCUT2D eigenvalue weighted by Crippen LogP contribution is -2.43. The van der Waals surface area contributed by atoms with Crippen LogP contribution in [0.25, 0.3) is 0 Å². The molecule has 2 aliphatic rings. The third-order valence-corrected chi connectivity index (χ3v) is 3.04. The SMILES string of the molecule is O=C1[C@H](O)C[C@@H]2[C@@H](O)[C@H](O)[C@@H](CO)N12. The molecule has 0 aromatic heterocycles. The summed E-state index contributed by atoms with van der Waals surface area (Å²) >= 11 is 0. The number of rotatable bonds is 1. The zero-order chi connectivity index (χ0) is 10.5. The highest BCUT2D eigenvalue weighted by Gasteiger charge is 2.55. The van der Waals surface area contributed by atoms with Crippen LogP contribution in [0.15, 0.2) is 0 Å². The minimum atomic E-state index is -1.12. The van der Waals surface area contributed by atoms with Gasteiger partial charge in [0.25, 0.3) is 5.91 Å². The Morgan fingerprint density at radius 2 is 1.93 bits per heavy atom. The fourth-order valence-corrected chi connectivity index (χ4v) is 2.31. The molecule has 0 aliphatic carbocycles. The molecule has 5 atom stereocenters. The highest BCUT2D eigenvalue weighted by atomic mass is 16.3. The summed E-state index contributed by atoms with van der Waals surface area (Å²) in [6.07, 6.45) is -3.20. The van der Waals surface area contributed by atoms with Crippen LogP contribution in [0.2, 0.25) is 0 Å². The minimum Gasteiger partial charge on any atom is -0.394 e. The Kier molecular flexibility index (Phi) is 2.23. The van der Waals surface area contributed by atoms with E-state index < -0.39 is 42.9 Å². The topological polar surface area (TPSA) is 101 Å². The number of fused-ring (bicyclic) bond motifs is 1. The van der Waals surface area contributed by atoms with Crippen molar-refractivity contribution in [3.05, 3.63) is 0 Å². The Hall–Kier alpha value is -0.690. The molecule has 0 aromatic rings. The molecule has 0 aromatic carbocycles. The first-order valence-corrected chi connectivity index (χ1v) is 4.55. The molecule has 1 amide bonds. The predicted octanol–water partition coefficient (Wildman–Crippen LogP) is -2.96. The third-order valence-electron chi connectivity index (χ3n) is 3.04. The molecule has 6 nitrogen and oxygen atoms in total. The maximum Gasteiger partial charge on any atom is 0.252 e. The maximum atomic E-state index is 11.4. The zero-order valence-corrected chi connectivity index (χ0v) is 7.45. The van der Waals surface area contributed by atoms with Crippen molar-refractivity contribution in [2.24, 2.45) is 0 Å². The van der Waals surface area contributed by atoms with Crippen LogP contribution in [0.5, 0.6) is 0 Å². The van der Waals surface area contributed by atoms with E-state index >= 15 is 0 Å². The fourth-order valence-electron chi connectivity index (χ4n) is 2.31. The molecular weight excluding hydrogens is 190 g/mol. The molecule has 80 valence electrons. The Morgan fingerprint density at radius 3 is 2.50 bits per heavy atom. The summed E-state index contributed by atoms with van der Waals surface area (Å²) < 4.78 is 0. The van der Waals surface area contributed by atoms with E-state index in [1.54, 1.807) is 0 Å². The Balaban J connectivity index is 2.27. The van der Waals surface area contributed by atoms with Crippen LogP contribution in [0.3, 0.4) is 0 Å². The first kappa shape index (κ1) is 9.85. The van der Waals surface area contributed by atoms with Crippen LogP contribution in [0.1, 0.15) is 6.42 Å².